The molecule has 0 unspecified atom stereocenters. The first-order chi connectivity index (χ1) is 16.9. The van der Waals surface area contributed by atoms with Gasteiger partial charge >= 0.3 is 0 Å². The highest BCUT2D eigenvalue weighted by molar-refractivity contribution is 5.69. The van der Waals surface area contributed by atoms with Crippen LogP contribution in [-0.4, -0.2) is 44.3 Å². The van der Waals surface area contributed by atoms with Crippen molar-refractivity contribution in [2.75, 3.05) is 18.8 Å². The van der Waals surface area contributed by atoms with Crippen molar-refractivity contribution in [3.05, 3.63) is 54.5 Å². The molecular formula is C25H24N8O2. The average molecular weight is 469 g/mol. The van der Waals surface area contributed by atoms with Gasteiger partial charge in [0.15, 0.2) is 11.5 Å². The number of nitrogen functional groups attached to an aromatic ring is 1. The van der Waals surface area contributed by atoms with E-state index in [0.29, 0.717) is 17.3 Å². The molecule has 4 aromatic rings. The predicted octanol–water partition coefficient (Wildman–Crippen LogP) is 3.38. The van der Waals surface area contributed by atoms with Crippen LogP contribution in [0.1, 0.15) is 26.0 Å². The Morgan fingerprint density at radius 2 is 1.91 bits per heavy atom. The fraction of sp³-hybridized carbons (Fsp3) is 0.280. The Balaban J connectivity index is 1.40. The third-order valence-electron chi connectivity index (χ3n) is 5.82. The van der Waals surface area contributed by atoms with E-state index in [0.717, 1.165) is 36.4 Å². The molecule has 0 radical (unpaired) electrons. The maximum atomic E-state index is 9.44. The summed E-state index contributed by atoms with van der Waals surface area (Å²) >= 11 is 0. The molecule has 10 heteroatoms. The second-order valence-corrected chi connectivity index (χ2v) is 8.83. The van der Waals surface area contributed by atoms with E-state index in [1.54, 1.807) is 18.5 Å². The van der Waals surface area contributed by atoms with E-state index in [1.807, 2.05) is 44.2 Å². The van der Waals surface area contributed by atoms with E-state index >= 15 is 0 Å². The lowest BCUT2D eigenvalue weighted by Gasteiger charge is -2.15. The Morgan fingerprint density at radius 3 is 2.66 bits per heavy atom. The molecule has 176 valence electrons. The molecule has 35 heavy (non-hydrogen) atoms. The third-order valence-corrected chi connectivity index (χ3v) is 5.82. The molecule has 0 saturated carbocycles. The molecule has 0 bridgehead atoms. The summed E-state index contributed by atoms with van der Waals surface area (Å²) in [5, 5.41) is 21.0. The van der Waals surface area contributed by atoms with Crippen LogP contribution in [-0.2, 0) is 5.41 Å². The van der Waals surface area contributed by atoms with Crippen molar-refractivity contribution in [3.8, 4) is 46.1 Å². The minimum atomic E-state index is -0.740. The lowest BCUT2D eigenvalue weighted by molar-refractivity contribution is 0.223. The predicted molar refractivity (Wildman–Crippen MR) is 129 cm³/mol. The Morgan fingerprint density at radius 1 is 1.11 bits per heavy atom. The van der Waals surface area contributed by atoms with Crippen LogP contribution in [0.4, 0.5) is 5.82 Å². The van der Waals surface area contributed by atoms with Crippen LogP contribution in [0.15, 0.2) is 53.2 Å². The van der Waals surface area contributed by atoms with Crippen LogP contribution in [0.3, 0.4) is 0 Å². The SMILES string of the molecule is CC(C)(C#N)c1cc(-c2cnc(N)c(-c3nnc(-c4ccc(O[C@H]5CCNC5)cc4)o3)n2)ccn1. The largest absolute Gasteiger partial charge is 0.489 e. The zero-order valence-corrected chi connectivity index (χ0v) is 19.4. The topological polar surface area (TPSA) is 149 Å². The van der Waals surface area contributed by atoms with E-state index in [9.17, 15) is 5.26 Å². The summed E-state index contributed by atoms with van der Waals surface area (Å²) in [6.45, 7) is 5.45. The maximum Gasteiger partial charge on any atom is 0.270 e. The first kappa shape index (κ1) is 22.4. The molecule has 4 heterocycles. The molecule has 1 aliphatic heterocycles. The van der Waals surface area contributed by atoms with Gasteiger partial charge in [0.05, 0.1) is 29.1 Å². The number of nitrogens with zero attached hydrogens (tertiary/aromatic N) is 6. The van der Waals surface area contributed by atoms with E-state index in [4.69, 9.17) is 14.9 Å². The molecule has 0 spiro atoms. The van der Waals surface area contributed by atoms with Crippen molar-refractivity contribution in [1.82, 2.24) is 30.5 Å². The van der Waals surface area contributed by atoms with Gasteiger partial charge in [-0.15, -0.1) is 10.2 Å². The molecular weight excluding hydrogens is 444 g/mol. The number of anilines is 1. The number of pyridine rings is 1. The van der Waals surface area contributed by atoms with Crippen molar-refractivity contribution < 1.29 is 9.15 Å². The van der Waals surface area contributed by atoms with E-state index in [1.165, 1.54) is 0 Å². The van der Waals surface area contributed by atoms with Crippen LogP contribution >= 0.6 is 0 Å². The summed E-state index contributed by atoms with van der Waals surface area (Å²) < 4.78 is 11.8. The fourth-order valence-electron chi connectivity index (χ4n) is 3.72. The van der Waals surface area contributed by atoms with Gasteiger partial charge in [-0.2, -0.15) is 5.26 Å². The lowest BCUT2D eigenvalue weighted by Crippen LogP contribution is -2.19. The molecule has 1 atom stereocenters. The van der Waals surface area contributed by atoms with Gasteiger partial charge in [-0.1, -0.05) is 0 Å². The molecule has 5 rings (SSSR count). The van der Waals surface area contributed by atoms with Crippen molar-refractivity contribution >= 4 is 5.82 Å². The number of nitrogens with two attached hydrogens (primary N) is 1. The standard InChI is InChI=1S/C25H24N8O2/c1-25(2,14-26)20-11-16(7-10-29-20)19-13-30-22(27)21(31-19)24-33-32-23(35-24)15-3-5-17(6-4-15)34-18-8-9-28-12-18/h3-7,10-11,13,18,28H,8-9,12H2,1-2H3,(H2,27,30)/t18-/m0/s1. The number of nitrogens with one attached hydrogen (secondary N) is 1. The number of ether oxygens (including phenoxy) is 1. The van der Waals surface area contributed by atoms with Gasteiger partial charge in [0, 0.05) is 23.9 Å². The highest BCUT2D eigenvalue weighted by Crippen LogP contribution is 2.30. The summed E-state index contributed by atoms with van der Waals surface area (Å²) in [6, 6.07) is 13.4. The minimum Gasteiger partial charge on any atom is -0.489 e. The third kappa shape index (κ3) is 4.67. The number of benzene rings is 1. The average Bonchev–Trinajstić information content (AvgIpc) is 3.58. The zero-order chi connectivity index (χ0) is 24.4. The first-order valence-electron chi connectivity index (χ1n) is 11.3. The van der Waals surface area contributed by atoms with Crippen LogP contribution in [0.25, 0.3) is 34.3 Å². The van der Waals surface area contributed by atoms with Gasteiger partial charge in [0.25, 0.3) is 5.89 Å². The van der Waals surface area contributed by atoms with Crippen molar-refractivity contribution in [3.63, 3.8) is 0 Å². The molecule has 0 aliphatic carbocycles. The Hall–Kier alpha value is -4.36. The fourth-order valence-corrected chi connectivity index (χ4v) is 3.72. The number of hydrogen-bond donors (Lipinski definition) is 2. The van der Waals surface area contributed by atoms with Crippen molar-refractivity contribution in [2.24, 2.45) is 0 Å². The molecule has 1 saturated heterocycles. The van der Waals surface area contributed by atoms with Gasteiger partial charge in [-0.3, -0.25) is 4.98 Å². The van der Waals surface area contributed by atoms with Crippen LogP contribution in [0.2, 0.25) is 0 Å². The minimum absolute atomic E-state index is 0.163. The first-order valence-corrected chi connectivity index (χ1v) is 11.3. The van der Waals surface area contributed by atoms with E-state index in [-0.39, 0.29) is 23.5 Å². The van der Waals surface area contributed by atoms with Crippen molar-refractivity contribution in [1.29, 1.82) is 5.26 Å². The summed E-state index contributed by atoms with van der Waals surface area (Å²) in [5.41, 5.74) is 8.32. The maximum absolute atomic E-state index is 9.44. The van der Waals surface area contributed by atoms with Gasteiger partial charge in [0.2, 0.25) is 5.89 Å². The van der Waals surface area contributed by atoms with E-state index < -0.39 is 5.41 Å². The summed E-state index contributed by atoms with van der Waals surface area (Å²) in [6.07, 6.45) is 4.38. The highest BCUT2D eigenvalue weighted by atomic mass is 16.5. The molecule has 3 N–H and O–H groups in total. The quantitative estimate of drug-likeness (QED) is 0.431. The van der Waals surface area contributed by atoms with Crippen molar-refractivity contribution in [2.45, 2.75) is 31.8 Å². The smallest absolute Gasteiger partial charge is 0.270 e. The Kier molecular flexibility index (Phi) is 5.84. The summed E-state index contributed by atoms with van der Waals surface area (Å²) in [5.74, 6) is 1.46. The molecule has 1 fully saturated rings. The Labute approximate surface area is 202 Å². The van der Waals surface area contributed by atoms with Crippen LogP contribution in [0.5, 0.6) is 5.75 Å². The second-order valence-electron chi connectivity index (χ2n) is 8.83. The number of aromatic nitrogens is 5. The molecule has 0 amide bonds. The molecule has 1 aromatic carbocycles. The van der Waals surface area contributed by atoms with Crippen LogP contribution < -0.4 is 15.8 Å². The van der Waals surface area contributed by atoms with E-state index in [2.05, 4.69) is 36.5 Å². The second kappa shape index (κ2) is 9.12. The summed E-state index contributed by atoms with van der Waals surface area (Å²) in [4.78, 5) is 13.2. The molecule has 3 aromatic heterocycles. The monoisotopic (exact) mass is 468 g/mol. The zero-order valence-electron chi connectivity index (χ0n) is 19.4. The number of nitriles is 1. The lowest BCUT2D eigenvalue weighted by atomic mass is 9.90. The van der Waals surface area contributed by atoms with Crippen LogP contribution in [0, 0.1) is 11.3 Å². The summed E-state index contributed by atoms with van der Waals surface area (Å²) in [7, 11) is 0. The molecule has 10 nitrogen and oxygen atoms in total. The highest BCUT2D eigenvalue weighted by Gasteiger charge is 2.23. The van der Waals surface area contributed by atoms with Gasteiger partial charge in [0.1, 0.15) is 11.9 Å². The van der Waals surface area contributed by atoms with Gasteiger partial charge in [-0.25, -0.2) is 9.97 Å². The Bertz CT molecular complexity index is 1390. The van der Waals surface area contributed by atoms with Gasteiger partial charge in [-0.05, 0) is 63.2 Å². The number of rotatable bonds is 6. The normalized spacial score (nSPS) is 15.6. The van der Waals surface area contributed by atoms with Gasteiger partial charge < -0.3 is 20.2 Å². The number of hydrogen-bond acceptors (Lipinski definition) is 10. The molecule has 1 aliphatic rings.